The molecule has 1 aromatic heterocycles. The molecule has 7 heteroatoms. The maximum absolute atomic E-state index is 9.71. The molecule has 0 atom stereocenters. The summed E-state index contributed by atoms with van der Waals surface area (Å²) in [7, 11) is 6.47. The van der Waals surface area contributed by atoms with Crippen LogP contribution in [0.15, 0.2) is 42.5 Å². The van der Waals surface area contributed by atoms with E-state index in [9.17, 15) is 5.26 Å². The van der Waals surface area contributed by atoms with Crippen LogP contribution in [0.3, 0.4) is 0 Å². The number of nitriles is 1. The van der Waals surface area contributed by atoms with Crippen LogP contribution in [0.1, 0.15) is 11.4 Å². The normalized spacial score (nSPS) is 11.0. The fourth-order valence-electron chi connectivity index (χ4n) is 2.90. The highest BCUT2D eigenvalue weighted by Gasteiger charge is 2.16. The SMILES string of the molecule is COc1cc(/C=C(/C#N)c2nnc(-c3ccccc3)n2C)cc(OC)c1OC. The van der Waals surface area contributed by atoms with Crippen LogP contribution in [0.4, 0.5) is 0 Å². The van der Waals surface area contributed by atoms with Gasteiger partial charge in [0, 0.05) is 12.6 Å². The van der Waals surface area contributed by atoms with E-state index in [1.807, 2.05) is 37.4 Å². The van der Waals surface area contributed by atoms with Crippen LogP contribution in [0.2, 0.25) is 0 Å². The molecular formula is C21H20N4O3. The molecule has 7 nitrogen and oxygen atoms in total. The van der Waals surface area contributed by atoms with E-state index in [-0.39, 0.29) is 0 Å². The number of hydrogen-bond donors (Lipinski definition) is 0. The number of ether oxygens (including phenoxy) is 3. The second-order valence-electron chi connectivity index (χ2n) is 5.90. The first-order chi connectivity index (χ1) is 13.6. The molecule has 0 aliphatic rings. The highest BCUT2D eigenvalue weighted by Crippen LogP contribution is 2.39. The lowest BCUT2D eigenvalue weighted by Crippen LogP contribution is -1.99. The molecule has 142 valence electrons. The highest BCUT2D eigenvalue weighted by molar-refractivity contribution is 5.88. The van der Waals surface area contributed by atoms with Gasteiger partial charge in [-0.25, -0.2) is 0 Å². The quantitative estimate of drug-likeness (QED) is 0.612. The molecule has 0 spiro atoms. The van der Waals surface area contributed by atoms with Crippen LogP contribution in [0.25, 0.3) is 23.0 Å². The van der Waals surface area contributed by atoms with Crippen LogP contribution in [-0.4, -0.2) is 36.1 Å². The standard InChI is InChI=1S/C21H20N4O3/c1-25-20(15-8-6-5-7-9-15)23-24-21(25)16(13-22)10-14-11-17(26-2)19(28-4)18(12-14)27-3/h5-12H,1-4H3/b16-10-. The summed E-state index contributed by atoms with van der Waals surface area (Å²) in [5.74, 6) is 2.66. The van der Waals surface area contributed by atoms with Crippen molar-refractivity contribution in [3.63, 3.8) is 0 Å². The summed E-state index contributed by atoms with van der Waals surface area (Å²) in [4.78, 5) is 0. The lowest BCUT2D eigenvalue weighted by atomic mass is 10.1. The molecule has 0 aliphatic carbocycles. The third-order valence-corrected chi connectivity index (χ3v) is 4.27. The summed E-state index contributed by atoms with van der Waals surface area (Å²) in [6, 6.07) is 15.4. The minimum Gasteiger partial charge on any atom is -0.493 e. The summed E-state index contributed by atoms with van der Waals surface area (Å²) < 4.78 is 17.9. The molecule has 0 fully saturated rings. The van der Waals surface area contributed by atoms with E-state index in [1.165, 1.54) is 0 Å². The van der Waals surface area contributed by atoms with Crippen LogP contribution < -0.4 is 14.2 Å². The Morgan fingerprint density at radius 1 is 1.00 bits per heavy atom. The van der Waals surface area contributed by atoms with Gasteiger partial charge in [0.05, 0.1) is 26.9 Å². The summed E-state index contributed by atoms with van der Waals surface area (Å²) in [5, 5.41) is 18.2. The van der Waals surface area contributed by atoms with Crippen molar-refractivity contribution in [1.82, 2.24) is 14.8 Å². The number of hydrogen-bond acceptors (Lipinski definition) is 6. The van der Waals surface area contributed by atoms with Crippen molar-refractivity contribution >= 4 is 11.6 Å². The molecule has 0 aliphatic heterocycles. The first-order valence-corrected chi connectivity index (χ1v) is 8.50. The first kappa shape index (κ1) is 19.0. The van der Waals surface area contributed by atoms with E-state index in [2.05, 4.69) is 16.3 Å². The summed E-state index contributed by atoms with van der Waals surface area (Å²) in [5.41, 5.74) is 2.01. The Bertz CT molecular complexity index is 1020. The largest absolute Gasteiger partial charge is 0.493 e. The average molecular weight is 376 g/mol. The van der Waals surface area contributed by atoms with Gasteiger partial charge < -0.3 is 18.8 Å². The predicted octanol–water partition coefficient (Wildman–Crippen LogP) is 3.57. The predicted molar refractivity (Wildman–Crippen MR) is 106 cm³/mol. The fourth-order valence-corrected chi connectivity index (χ4v) is 2.90. The Morgan fingerprint density at radius 3 is 2.18 bits per heavy atom. The van der Waals surface area contributed by atoms with E-state index in [0.29, 0.717) is 34.5 Å². The molecule has 0 unspecified atom stereocenters. The number of allylic oxidation sites excluding steroid dienone is 1. The van der Waals surface area contributed by atoms with Crippen molar-refractivity contribution in [3.05, 3.63) is 53.9 Å². The Morgan fingerprint density at radius 2 is 1.64 bits per heavy atom. The zero-order chi connectivity index (χ0) is 20.1. The number of rotatable bonds is 6. The average Bonchev–Trinajstić information content (AvgIpc) is 3.12. The van der Waals surface area contributed by atoms with Gasteiger partial charge in [-0.1, -0.05) is 30.3 Å². The first-order valence-electron chi connectivity index (χ1n) is 8.50. The van der Waals surface area contributed by atoms with Crippen molar-refractivity contribution in [3.8, 4) is 34.7 Å². The van der Waals surface area contributed by atoms with Crippen LogP contribution in [0.5, 0.6) is 17.2 Å². The van der Waals surface area contributed by atoms with Crippen molar-refractivity contribution in [2.45, 2.75) is 0 Å². The summed E-state index contributed by atoms with van der Waals surface area (Å²) in [6.07, 6.45) is 1.71. The topological polar surface area (TPSA) is 82.2 Å². The fraction of sp³-hybridized carbons (Fsp3) is 0.190. The van der Waals surface area contributed by atoms with Crippen molar-refractivity contribution in [2.75, 3.05) is 21.3 Å². The molecule has 0 bridgehead atoms. The third-order valence-electron chi connectivity index (χ3n) is 4.27. The van der Waals surface area contributed by atoms with E-state index in [4.69, 9.17) is 14.2 Å². The van der Waals surface area contributed by atoms with Crippen LogP contribution in [-0.2, 0) is 7.05 Å². The number of nitrogens with zero attached hydrogens (tertiary/aromatic N) is 4. The van der Waals surface area contributed by atoms with Crippen molar-refractivity contribution < 1.29 is 14.2 Å². The monoisotopic (exact) mass is 376 g/mol. The van der Waals surface area contributed by atoms with Gasteiger partial charge in [-0.3, -0.25) is 0 Å². The Labute approximate surface area is 163 Å². The zero-order valence-corrected chi connectivity index (χ0v) is 16.1. The Kier molecular flexibility index (Phi) is 5.61. The summed E-state index contributed by atoms with van der Waals surface area (Å²) >= 11 is 0. The van der Waals surface area contributed by atoms with Gasteiger partial charge in [0.1, 0.15) is 6.07 Å². The second kappa shape index (κ2) is 8.27. The van der Waals surface area contributed by atoms with Gasteiger partial charge in [-0.2, -0.15) is 5.26 Å². The Balaban J connectivity index is 2.07. The molecule has 0 N–H and O–H groups in total. The molecule has 0 radical (unpaired) electrons. The molecule has 2 aromatic carbocycles. The maximum Gasteiger partial charge on any atom is 0.203 e. The lowest BCUT2D eigenvalue weighted by molar-refractivity contribution is 0.324. The second-order valence-corrected chi connectivity index (χ2v) is 5.90. The molecule has 3 aromatic rings. The van der Waals surface area contributed by atoms with E-state index >= 15 is 0 Å². The molecule has 1 heterocycles. The van der Waals surface area contributed by atoms with Gasteiger partial charge >= 0.3 is 0 Å². The minimum atomic E-state index is 0.367. The van der Waals surface area contributed by atoms with E-state index in [1.54, 1.807) is 44.1 Å². The van der Waals surface area contributed by atoms with Crippen molar-refractivity contribution in [1.29, 1.82) is 5.26 Å². The van der Waals surface area contributed by atoms with Gasteiger partial charge in [0.15, 0.2) is 23.1 Å². The zero-order valence-electron chi connectivity index (χ0n) is 16.1. The Hall–Kier alpha value is -3.79. The molecular weight excluding hydrogens is 356 g/mol. The number of methoxy groups -OCH3 is 3. The van der Waals surface area contributed by atoms with Crippen LogP contribution in [0, 0.1) is 11.3 Å². The van der Waals surface area contributed by atoms with E-state index < -0.39 is 0 Å². The number of aromatic nitrogens is 3. The molecule has 0 amide bonds. The molecule has 0 saturated carbocycles. The molecule has 0 saturated heterocycles. The molecule has 3 rings (SSSR count). The molecule has 28 heavy (non-hydrogen) atoms. The van der Waals surface area contributed by atoms with Crippen molar-refractivity contribution in [2.24, 2.45) is 7.05 Å². The summed E-state index contributed by atoms with van der Waals surface area (Å²) in [6.45, 7) is 0. The minimum absolute atomic E-state index is 0.367. The lowest BCUT2D eigenvalue weighted by Gasteiger charge is -2.13. The van der Waals surface area contributed by atoms with Gasteiger partial charge in [0.25, 0.3) is 0 Å². The van der Waals surface area contributed by atoms with Gasteiger partial charge in [0.2, 0.25) is 5.75 Å². The van der Waals surface area contributed by atoms with E-state index in [0.717, 1.165) is 11.1 Å². The number of benzene rings is 2. The third kappa shape index (κ3) is 3.53. The van der Waals surface area contributed by atoms with Gasteiger partial charge in [-0.05, 0) is 23.8 Å². The maximum atomic E-state index is 9.71. The smallest absolute Gasteiger partial charge is 0.203 e. The van der Waals surface area contributed by atoms with Crippen LogP contribution >= 0.6 is 0 Å². The van der Waals surface area contributed by atoms with Gasteiger partial charge in [-0.15, -0.1) is 10.2 Å². The highest BCUT2D eigenvalue weighted by atomic mass is 16.5.